The molecule has 1 aliphatic carbocycles. The molecular weight excluding hydrogens is 476 g/mol. The van der Waals surface area contributed by atoms with Crippen molar-refractivity contribution in [2.24, 2.45) is 22.9 Å². The van der Waals surface area contributed by atoms with Crippen molar-refractivity contribution in [2.75, 3.05) is 24.6 Å². The topological polar surface area (TPSA) is 75.0 Å². The molecule has 1 saturated heterocycles. The molecule has 0 bridgehead atoms. The zero-order chi connectivity index (χ0) is 26.1. The molecule has 6 nitrogen and oxygen atoms in total. The van der Waals surface area contributed by atoms with Crippen molar-refractivity contribution < 1.29 is 23.5 Å². The predicted molar refractivity (Wildman–Crippen MR) is 136 cm³/mol. The minimum Gasteiger partial charge on any atom is -0.466 e. The smallest absolute Gasteiger partial charge is 0.309 e. The van der Waals surface area contributed by atoms with Crippen molar-refractivity contribution in [2.45, 2.75) is 26.2 Å². The number of hydrogen-bond acceptors (Lipinski definition) is 6. The van der Waals surface area contributed by atoms with Crippen LogP contribution in [0.15, 0.2) is 65.9 Å². The van der Waals surface area contributed by atoms with Gasteiger partial charge in [-0.2, -0.15) is 0 Å². The van der Waals surface area contributed by atoms with E-state index < -0.39 is 17.6 Å². The first kappa shape index (κ1) is 24.9. The van der Waals surface area contributed by atoms with Crippen LogP contribution in [0.5, 0.6) is 0 Å². The molecule has 2 aromatic carbocycles. The second kappa shape index (κ2) is 10.3. The predicted octanol–water partition coefficient (Wildman–Crippen LogP) is 5.31. The number of piperidine rings is 1. The lowest BCUT2D eigenvalue weighted by molar-refractivity contribution is -0.145. The summed E-state index contributed by atoms with van der Waals surface area (Å²) in [5, 5.41) is 13.3. The standard InChI is InChI=1S/C29H29F2N3O3/c1-3-37-29(35)28-24-15-34(16-25(24)28)21-7-4-18(5-8-21)23(22-9-6-20(30)13-26(22)31)14-27(33-36)19-10-11-32-17(2)12-19/h4-13,23-25,28,36H,3,14-16H2,1-2H3/b33-27+/t23?,24-,25+,28?. The van der Waals surface area contributed by atoms with Gasteiger partial charge in [0.1, 0.15) is 11.6 Å². The Balaban J connectivity index is 1.38. The average Bonchev–Trinajstić information content (AvgIpc) is 3.39. The van der Waals surface area contributed by atoms with E-state index in [0.717, 1.165) is 36.1 Å². The highest BCUT2D eigenvalue weighted by Crippen LogP contribution is 2.53. The molecule has 37 heavy (non-hydrogen) atoms. The second-order valence-corrected chi connectivity index (χ2v) is 9.76. The molecular formula is C29H29F2N3O3. The van der Waals surface area contributed by atoms with E-state index in [1.165, 1.54) is 12.1 Å². The molecule has 1 saturated carbocycles. The van der Waals surface area contributed by atoms with Gasteiger partial charge in [-0.3, -0.25) is 9.78 Å². The summed E-state index contributed by atoms with van der Waals surface area (Å²) < 4.78 is 33.8. The Morgan fingerprint density at radius 2 is 1.86 bits per heavy atom. The monoisotopic (exact) mass is 505 g/mol. The molecule has 4 atom stereocenters. The summed E-state index contributed by atoms with van der Waals surface area (Å²) in [5.41, 5.74) is 3.99. The molecule has 2 fully saturated rings. The Labute approximate surface area is 214 Å². The minimum absolute atomic E-state index is 0.00863. The van der Waals surface area contributed by atoms with Crippen LogP contribution in [0.3, 0.4) is 0 Å². The molecule has 0 amide bonds. The van der Waals surface area contributed by atoms with Crippen LogP contribution in [0.2, 0.25) is 0 Å². The van der Waals surface area contributed by atoms with Crippen LogP contribution < -0.4 is 4.90 Å². The SMILES string of the molecule is CCOC(=O)C1[C@H]2CN(c3ccc(C(C/C(=N\O)c4ccnc(C)c4)c4ccc(F)cc4F)cc3)C[C@@H]12. The number of esters is 1. The number of carbonyl (C=O) groups is 1. The fourth-order valence-corrected chi connectivity index (χ4v) is 5.57. The summed E-state index contributed by atoms with van der Waals surface area (Å²) in [6, 6.07) is 14.9. The van der Waals surface area contributed by atoms with Crippen molar-refractivity contribution in [1.29, 1.82) is 0 Å². The van der Waals surface area contributed by atoms with Crippen LogP contribution in [-0.4, -0.2) is 41.6 Å². The van der Waals surface area contributed by atoms with E-state index in [2.05, 4.69) is 15.0 Å². The molecule has 1 aromatic heterocycles. The van der Waals surface area contributed by atoms with Crippen molar-refractivity contribution in [3.8, 4) is 0 Å². The van der Waals surface area contributed by atoms with Gasteiger partial charge in [-0.05, 0) is 67.1 Å². The fraction of sp³-hybridized carbons (Fsp3) is 0.345. The van der Waals surface area contributed by atoms with Gasteiger partial charge in [-0.25, -0.2) is 8.78 Å². The van der Waals surface area contributed by atoms with E-state index >= 15 is 0 Å². The van der Waals surface area contributed by atoms with Crippen molar-refractivity contribution in [1.82, 2.24) is 4.98 Å². The molecule has 2 heterocycles. The lowest BCUT2D eigenvalue weighted by Gasteiger charge is -2.24. The molecule has 192 valence electrons. The summed E-state index contributed by atoms with van der Waals surface area (Å²) in [5.74, 6) is -1.24. The zero-order valence-electron chi connectivity index (χ0n) is 20.8. The van der Waals surface area contributed by atoms with Crippen LogP contribution >= 0.6 is 0 Å². The third kappa shape index (κ3) is 5.05. The molecule has 0 radical (unpaired) electrons. The van der Waals surface area contributed by atoms with Gasteiger partial charge in [0.2, 0.25) is 0 Å². The van der Waals surface area contributed by atoms with E-state index in [4.69, 9.17) is 4.74 Å². The highest BCUT2D eigenvalue weighted by atomic mass is 19.1. The number of ether oxygens (including phenoxy) is 1. The highest BCUT2D eigenvalue weighted by Gasteiger charge is 2.60. The van der Waals surface area contributed by atoms with E-state index in [0.29, 0.717) is 35.3 Å². The average molecular weight is 506 g/mol. The minimum atomic E-state index is -0.651. The second-order valence-electron chi connectivity index (χ2n) is 9.76. The largest absolute Gasteiger partial charge is 0.466 e. The number of aryl methyl sites for hydroxylation is 1. The Morgan fingerprint density at radius 1 is 1.14 bits per heavy atom. The van der Waals surface area contributed by atoms with E-state index in [1.807, 2.05) is 38.1 Å². The van der Waals surface area contributed by atoms with Gasteiger partial charge in [0.15, 0.2) is 0 Å². The van der Waals surface area contributed by atoms with Crippen LogP contribution in [0.1, 0.15) is 41.6 Å². The third-order valence-electron chi connectivity index (χ3n) is 7.50. The molecule has 1 N–H and O–H groups in total. The van der Waals surface area contributed by atoms with Crippen LogP contribution in [0.4, 0.5) is 14.5 Å². The third-order valence-corrected chi connectivity index (χ3v) is 7.50. The van der Waals surface area contributed by atoms with Gasteiger partial charge in [0, 0.05) is 54.6 Å². The molecule has 1 aliphatic heterocycles. The van der Waals surface area contributed by atoms with E-state index in [1.54, 1.807) is 18.3 Å². The number of pyridine rings is 1. The first-order valence-electron chi connectivity index (χ1n) is 12.5. The maximum Gasteiger partial charge on any atom is 0.309 e. The summed E-state index contributed by atoms with van der Waals surface area (Å²) in [4.78, 5) is 18.5. The summed E-state index contributed by atoms with van der Waals surface area (Å²) in [6.45, 7) is 5.66. The van der Waals surface area contributed by atoms with Crippen molar-refractivity contribution in [3.63, 3.8) is 0 Å². The molecule has 3 aromatic rings. The number of anilines is 1. The van der Waals surface area contributed by atoms with Gasteiger partial charge in [0.25, 0.3) is 0 Å². The Kier molecular flexibility index (Phi) is 6.91. The summed E-state index contributed by atoms with van der Waals surface area (Å²) in [6.07, 6.45) is 1.84. The molecule has 5 rings (SSSR count). The molecule has 2 aliphatic rings. The lowest BCUT2D eigenvalue weighted by Crippen LogP contribution is -2.26. The van der Waals surface area contributed by atoms with Gasteiger partial charge in [0.05, 0.1) is 18.2 Å². The van der Waals surface area contributed by atoms with E-state index in [-0.39, 0.29) is 18.3 Å². The number of aromatic nitrogens is 1. The molecule has 8 heteroatoms. The number of hydrogen-bond donors (Lipinski definition) is 1. The lowest BCUT2D eigenvalue weighted by atomic mass is 9.85. The summed E-state index contributed by atoms with van der Waals surface area (Å²) >= 11 is 0. The van der Waals surface area contributed by atoms with E-state index in [9.17, 15) is 18.8 Å². The number of fused-ring (bicyclic) bond motifs is 1. The van der Waals surface area contributed by atoms with Gasteiger partial charge in [-0.1, -0.05) is 23.4 Å². The summed E-state index contributed by atoms with van der Waals surface area (Å²) in [7, 11) is 0. The molecule has 0 spiro atoms. The Hall–Kier alpha value is -3.81. The van der Waals surface area contributed by atoms with Gasteiger partial charge >= 0.3 is 5.97 Å². The number of rotatable bonds is 8. The number of carbonyl (C=O) groups excluding carboxylic acids is 1. The number of oxime groups is 1. The normalized spacial score (nSPS) is 21.5. The quantitative estimate of drug-likeness (QED) is 0.194. The van der Waals surface area contributed by atoms with Gasteiger partial charge in [-0.15, -0.1) is 0 Å². The maximum atomic E-state index is 14.9. The number of nitrogens with zero attached hydrogens (tertiary/aromatic N) is 3. The Bertz CT molecular complexity index is 1320. The zero-order valence-corrected chi connectivity index (χ0v) is 20.8. The van der Waals surface area contributed by atoms with Crippen LogP contribution in [0, 0.1) is 36.3 Å². The highest BCUT2D eigenvalue weighted by molar-refractivity contribution is 6.01. The first-order valence-corrected chi connectivity index (χ1v) is 12.5. The van der Waals surface area contributed by atoms with Crippen LogP contribution in [0.25, 0.3) is 0 Å². The fourth-order valence-electron chi connectivity index (χ4n) is 5.57. The van der Waals surface area contributed by atoms with Crippen molar-refractivity contribution in [3.05, 3.63) is 94.8 Å². The molecule has 2 unspecified atom stereocenters. The number of benzene rings is 2. The van der Waals surface area contributed by atoms with Gasteiger partial charge < -0.3 is 14.8 Å². The number of halogens is 2. The first-order chi connectivity index (χ1) is 17.9. The maximum absolute atomic E-state index is 14.9. The Morgan fingerprint density at radius 3 is 2.49 bits per heavy atom. The van der Waals surface area contributed by atoms with Crippen molar-refractivity contribution >= 4 is 17.4 Å². The van der Waals surface area contributed by atoms with Crippen LogP contribution in [-0.2, 0) is 9.53 Å².